The monoisotopic (exact) mass is 554 g/mol. The zero-order valence-corrected chi connectivity index (χ0v) is 26.5. The molecule has 0 aromatic heterocycles. The molecule has 5 heteroatoms. The van der Waals surface area contributed by atoms with E-state index in [0.29, 0.717) is 25.2 Å². The van der Waals surface area contributed by atoms with Crippen LogP contribution in [0.4, 0.5) is 0 Å². The fourth-order valence-electron chi connectivity index (χ4n) is 11.5. The number of hydrogen-bond acceptors (Lipinski definition) is 4. The lowest BCUT2D eigenvalue weighted by Gasteiger charge is -2.70. The molecular weight excluding hydrogens is 500 g/mol. The van der Waals surface area contributed by atoms with E-state index in [0.717, 1.165) is 57.8 Å². The maximum Gasteiger partial charge on any atom is 0.309 e. The molecule has 0 saturated heterocycles. The molecule has 1 N–H and O–H groups in total. The summed E-state index contributed by atoms with van der Waals surface area (Å²) in [5, 5.41) is 10.4. The summed E-state index contributed by atoms with van der Waals surface area (Å²) in [6.07, 6.45) is 12.1. The number of carbonyl (C=O) groups is 3. The number of hydrogen-bond donors (Lipinski definition) is 1. The van der Waals surface area contributed by atoms with Gasteiger partial charge in [0.2, 0.25) is 0 Å². The van der Waals surface area contributed by atoms with Crippen molar-refractivity contribution < 1.29 is 24.2 Å². The maximum atomic E-state index is 14.5. The van der Waals surface area contributed by atoms with Crippen molar-refractivity contribution >= 4 is 17.7 Å². The zero-order valence-electron chi connectivity index (χ0n) is 26.5. The summed E-state index contributed by atoms with van der Waals surface area (Å²) in [4.78, 5) is 39.5. The smallest absolute Gasteiger partial charge is 0.309 e. The topological polar surface area (TPSA) is 80.7 Å². The highest BCUT2D eigenvalue weighted by atomic mass is 16.5. The summed E-state index contributed by atoms with van der Waals surface area (Å²) in [6, 6.07) is 0. The second-order valence-corrected chi connectivity index (χ2v) is 16.2. The number of rotatable bonds is 5. The number of fused-ring (bicyclic) bond motifs is 7. The fourth-order valence-corrected chi connectivity index (χ4v) is 11.5. The number of esters is 1. The Balaban J connectivity index is 1.56. The van der Waals surface area contributed by atoms with Gasteiger partial charge in [-0.3, -0.25) is 14.4 Å². The number of carboxylic acids is 1. The molecule has 5 aliphatic carbocycles. The Morgan fingerprint density at radius 1 is 0.950 bits per heavy atom. The third-order valence-electron chi connectivity index (χ3n) is 14.1. The summed E-state index contributed by atoms with van der Waals surface area (Å²) < 4.78 is 5.99. The van der Waals surface area contributed by atoms with Gasteiger partial charge >= 0.3 is 11.9 Å². The van der Waals surface area contributed by atoms with Crippen molar-refractivity contribution in [2.75, 3.05) is 0 Å². The number of aliphatic carboxylic acids is 1. The van der Waals surface area contributed by atoms with Crippen LogP contribution < -0.4 is 0 Å². The van der Waals surface area contributed by atoms with Crippen LogP contribution in [0.1, 0.15) is 132 Å². The first kappa shape index (κ1) is 29.8. The number of ketones is 1. The highest BCUT2D eigenvalue weighted by molar-refractivity contribution is 5.95. The first-order valence-corrected chi connectivity index (χ1v) is 16.2. The van der Waals surface area contributed by atoms with Crippen LogP contribution in [0.3, 0.4) is 0 Å². The minimum atomic E-state index is -0.680. The molecule has 5 nitrogen and oxygen atoms in total. The van der Waals surface area contributed by atoms with E-state index in [1.807, 2.05) is 13.0 Å². The molecular formula is C35H54O5. The maximum absolute atomic E-state index is 14.5. The quantitative estimate of drug-likeness (QED) is 0.347. The van der Waals surface area contributed by atoms with Gasteiger partial charge in [-0.15, -0.1) is 0 Å². The van der Waals surface area contributed by atoms with E-state index in [-0.39, 0.29) is 56.8 Å². The van der Waals surface area contributed by atoms with Crippen LogP contribution in [0.5, 0.6) is 0 Å². The molecule has 0 spiro atoms. The summed E-state index contributed by atoms with van der Waals surface area (Å²) in [6.45, 7) is 18.0. The van der Waals surface area contributed by atoms with Crippen molar-refractivity contribution in [3.8, 4) is 0 Å². The summed E-state index contributed by atoms with van der Waals surface area (Å²) in [5.74, 6) is -0.122. The lowest BCUT2D eigenvalue weighted by molar-refractivity contribution is -0.211. The molecule has 40 heavy (non-hydrogen) atoms. The number of carboxylic acid groups (broad SMARTS) is 1. The minimum Gasteiger partial charge on any atom is -0.481 e. The molecule has 0 amide bonds. The summed E-state index contributed by atoms with van der Waals surface area (Å²) in [7, 11) is 0. The minimum absolute atomic E-state index is 0.0613. The van der Waals surface area contributed by atoms with Crippen LogP contribution in [0.2, 0.25) is 0 Å². The highest BCUT2D eigenvalue weighted by Crippen LogP contribution is 2.75. The van der Waals surface area contributed by atoms with Gasteiger partial charge in [-0.05, 0) is 104 Å². The first-order valence-electron chi connectivity index (χ1n) is 16.2. The van der Waals surface area contributed by atoms with Gasteiger partial charge in [-0.2, -0.15) is 0 Å². The summed E-state index contributed by atoms with van der Waals surface area (Å²) >= 11 is 0. The SMILES string of the molecule is CCCC1(C(=O)O)CCC2(C)CCC3(C)C(=CC(=O)C4C5(C)CCC(OC(=O)CC)C(C)(C)C5CCC43C)C2C1. The van der Waals surface area contributed by atoms with E-state index < -0.39 is 11.4 Å². The molecule has 0 radical (unpaired) electrons. The Hall–Kier alpha value is -1.65. The molecule has 0 aromatic rings. The van der Waals surface area contributed by atoms with Gasteiger partial charge in [-0.1, -0.05) is 67.4 Å². The standard InChI is InChI=1S/C35H54O5/c1-9-13-35(29(38)39)19-17-31(5)16-18-33(7)22(23(31)21-35)20-24(36)28-32(6)14-12-26(40-27(37)10-2)30(3,4)25(32)11-15-34(28,33)8/h20,23,25-26,28H,9-19,21H2,1-8H3,(H,38,39). The number of ether oxygens (including phenoxy) is 1. The third kappa shape index (κ3) is 3.87. The fraction of sp³-hybridized carbons (Fsp3) is 0.857. The number of carbonyl (C=O) groups excluding carboxylic acids is 2. The molecule has 4 saturated carbocycles. The van der Waals surface area contributed by atoms with Crippen molar-refractivity contribution in [1.29, 1.82) is 0 Å². The second-order valence-electron chi connectivity index (χ2n) is 16.2. The van der Waals surface area contributed by atoms with E-state index >= 15 is 0 Å². The normalized spacial score (nSPS) is 47.6. The number of allylic oxidation sites excluding steroid dienone is 2. The Morgan fingerprint density at radius 2 is 1.62 bits per heavy atom. The summed E-state index contributed by atoms with van der Waals surface area (Å²) in [5.41, 5.74) is 0.0181. The molecule has 5 rings (SSSR count). The molecule has 0 heterocycles. The van der Waals surface area contributed by atoms with Crippen molar-refractivity contribution in [3.05, 3.63) is 11.6 Å². The lowest BCUT2D eigenvalue weighted by Crippen LogP contribution is -2.66. The van der Waals surface area contributed by atoms with Crippen LogP contribution in [0.15, 0.2) is 11.6 Å². The molecule has 0 aromatic carbocycles. The van der Waals surface area contributed by atoms with E-state index in [2.05, 4.69) is 48.5 Å². The Morgan fingerprint density at radius 3 is 2.25 bits per heavy atom. The van der Waals surface area contributed by atoms with Gasteiger partial charge in [0.05, 0.1) is 5.41 Å². The van der Waals surface area contributed by atoms with E-state index in [9.17, 15) is 19.5 Å². The average molecular weight is 555 g/mol. The van der Waals surface area contributed by atoms with Gasteiger partial charge in [0.1, 0.15) is 6.10 Å². The van der Waals surface area contributed by atoms with Crippen LogP contribution in [0, 0.1) is 50.2 Å². The van der Waals surface area contributed by atoms with E-state index in [1.165, 1.54) is 5.57 Å². The van der Waals surface area contributed by atoms with Crippen LogP contribution in [-0.4, -0.2) is 28.9 Å². The Bertz CT molecular complexity index is 1120. The molecule has 0 aliphatic heterocycles. The van der Waals surface area contributed by atoms with Crippen molar-refractivity contribution in [1.82, 2.24) is 0 Å². The van der Waals surface area contributed by atoms with Gasteiger partial charge in [0.15, 0.2) is 5.78 Å². The van der Waals surface area contributed by atoms with Gasteiger partial charge in [0, 0.05) is 17.8 Å². The van der Waals surface area contributed by atoms with Crippen molar-refractivity contribution in [2.45, 2.75) is 139 Å². The van der Waals surface area contributed by atoms with Gasteiger partial charge in [-0.25, -0.2) is 0 Å². The van der Waals surface area contributed by atoms with Crippen molar-refractivity contribution in [2.24, 2.45) is 50.2 Å². The first-order chi connectivity index (χ1) is 18.5. The van der Waals surface area contributed by atoms with Crippen LogP contribution >= 0.6 is 0 Å². The average Bonchev–Trinajstić information content (AvgIpc) is 2.87. The molecule has 4 fully saturated rings. The third-order valence-corrected chi connectivity index (χ3v) is 14.1. The predicted octanol–water partition coefficient (Wildman–Crippen LogP) is 8.15. The molecule has 9 atom stereocenters. The second kappa shape index (κ2) is 9.43. The molecule has 0 bridgehead atoms. The Labute approximate surface area is 242 Å². The molecule has 9 unspecified atom stereocenters. The molecule has 5 aliphatic rings. The molecule has 224 valence electrons. The Kier molecular flexibility index (Phi) is 7.03. The van der Waals surface area contributed by atoms with Gasteiger partial charge in [0.25, 0.3) is 0 Å². The largest absolute Gasteiger partial charge is 0.481 e. The zero-order chi connectivity index (χ0) is 29.5. The van der Waals surface area contributed by atoms with Crippen LogP contribution in [-0.2, 0) is 19.1 Å². The van der Waals surface area contributed by atoms with Crippen LogP contribution in [0.25, 0.3) is 0 Å². The van der Waals surface area contributed by atoms with E-state index in [1.54, 1.807) is 0 Å². The van der Waals surface area contributed by atoms with Gasteiger partial charge < -0.3 is 9.84 Å². The van der Waals surface area contributed by atoms with E-state index in [4.69, 9.17) is 4.74 Å². The predicted molar refractivity (Wildman–Crippen MR) is 156 cm³/mol. The lowest BCUT2D eigenvalue weighted by atomic mass is 9.33. The van der Waals surface area contributed by atoms with Crippen molar-refractivity contribution in [3.63, 3.8) is 0 Å². The highest BCUT2D eigenvalue weighted by Gasteiger charge is 2.70.